The number of nitrogens with zero attached hydrogens (tertiary/aromatic N) is 4. The molecule has 98 valence electrons. The summed E-state index contributed by atoms with van der Waals surface area (Å²) in [4.78, 5) is 4.24. The minimum absolute atomic E-state index is 0.200. The lowest BCUT2D eigenvalue weighted by Gasteiger charge is -1.96. The Balaban J connectivity index is 2.13. The van der Waals surface area contributed by atoms with Gasteiger partial charge in [-0.15, -0.1) is 5.10 Å². The van der Waals surface area contributed by atoms with Crippen LogP contribution in [0, 0.1) is 0 Å². The number of hydrogen-bond donors (Lipinski definition) is 2. The molecule has 0 radical (unpaired) electrons. The molecular formula is C11H12N6OS. The van der Waals surface area contributed by atoms with Crippen LogP contribution in [0.4, 0.5) is 5.95 Å². The molecule has 19 heavy (non-hydrogen) atoms. The first-order valence-corrected chi connectivity index (χ1v) is 7.88. The summed E-state index contributed by atoms with van der Waals surface area (Å²) in [6, 6.07) is 5.74. The molecule has 0 aliphatic rings. The molecule has 2 heterocycles. The lowest BCUT2D eigenvalue weighted by molar-refractivity contribution is 0.684. The minimum Gasteiger partial charge on any atom is -0.278 e. The van der Waals surface area contributed by atoms with Crippen molar-refractivity contribution in [2.45, 2.75) is 0 Å². The van der Waals surface area contributed by atoms with Gasteiger partial charge in [-0.2, -0.15) is 14.4 Å². The van der Waals surface area contributed by atoms with Gasteiger partial charge in [0.25, 0.3) is 5.95 Å². The van der Waals surface area contributed by atoms with Gasteiger partial charge >= 0.3 is 0 Å². The van der Waals surface area contributed by atoms with Gasteiger partial charge < -0.3 is 0 Å². The molecule has 1 aromatic carbocycles. The zero-order chi connectivity index (χ0) is 13.5. The molecule has 3 aromatic rings. The van der Waals surface area contributed by atoms with Crippen molar-refractivity contribution in [3.63, 3.8) is 0 Å². The van der Waals surface area contributed by atoms with Crippen LogP contribution in [0.3, 0.4) is 0 Å². The van der Waals surface area contributed by atoms with E-state index in [-0.39, 0.29) is 5.95 Å². The molecule has 8 heteroatoms. The summed E-state index contributed by atoms with van der Waals surface area (Å²) >= 11 is 0. The molecule has 2 aromatic heterocycles. The molecule has 2 N–H and O–H groups in total. The predicted molar refractivity (Wildman–Crippen MR) is 73.5 cm³/mol. The van der Waals surface area contributed by atoms with Gasteiger partial charge in [0.05, 0.1) is 11.7 Å². The van der Waals surface area contributed by atoms with E-state index in [0.717, 1.165) is 16.5 Å². The number of fused-ring (bicyclic) bond motifs is 1. The van der Waals surface area contributed by atoms with E-state index < -0.39 is 9.73 Å². The van der Waals surface area contributed by atoms with E-state index in [4.69, 9.17) is 0 Å². The van der Waals surface area contributed by atoms with Crippen LogP contribution in [0.1, 0.15) is 0 Å². The predicted octanol–water partition coefficient (Wildman–Crippen LogP) is 1.71. The highest BCUT2D eigenvalue weighted by Gasteiger charge is 2.10. The van der Waals surface area contributed by atoms with E-state index in [0.29, 0.717) is 5.82 Å². The number of nitrogens with one attached hydrogen (secondary N) is 2. The molecule has 0 unspecified atom stereocenters. The third-order valence-corrected chi connectivity index (χ3v) is 3.12. The largest absolute Gasteiger partial charge is 0.278 e. The molecule has 0 saturated carbocycles. The van der Waals surface area contributed by atoms with Crippen molar-refractivity contribution in [3.05, 3.63) is 24.4 Å². The lowest BCUT2D eigenvalue weighted by Crippen LogP contribution is -1.89. The topological polar surface area (TPSA) is 99.7 Å². The summed E-state index contributed by atoms with van der Waals surface area (Å²) < 4.78 is 15.6. The second kappa shape index (κ2) is 4.16. The molecule has 3 rings (SSSR count). The normalized spacial score (nSPS) is 11.9. The maximum absolute atomic E-state index is 11.6. The summed E-state index contributed by atoms with van der Waals surface area (Å²) in [5.74, 6) is 0.778. The van der Waals surface area contributed by atoms with E-state index in [1.54, 1.807) is 18.7 Å². The number of aromatic nitrogens is 5. The minimum atomic E-state index is -2.27. The van der Waals surface area contributed by atoms with Crippen molar-refractivity contribution >= 4 is 26.6 Å². The van der Waals surface area contributed by atoms with Crippen LogP contribution in [0.5, 0.6) is 0 Å². The van der Waals surface area contributed by atoms with Crippen LogP contribution in [-0.4, -0.2) is 42.1 Å². The number of hydrogen-bond acceptors (Lipinski definition) is 5. The van der Waals surface area contributed by atoms with Crippen molar-refractivity contribution in [2.75, 3.05) is 12.5 Å². The summed E-state index contributed by atoms with van der Waals surface area (Å²) in [5.41, 5.74) is 1.79. The van der Waals surface area contributed by atoms with Gasteiger partial charge in [0.15, 0.2) is 5.82 Å². The van der Waals surface area contributed by atoms with Crippen molar-refractivity contribution in [1.29, 1.82) is 0 Å². The zero-order valence-electron chi connectivity index (χ0n) is 10.4. The van der Waals surface area contributed by atoms with Crippen LogP contribution < -0.4 is 0 Å². The summed E-state index contributed by atoms with van der Waals surface area (Å²) in [6.45, 7) is 0. The van der Waals surface area contributed by atoms with Crippen LogP contribution in [0.15, 0.2) is 28.8 Å². The average Bonchev–Trinajstić information content (AvgIpc) is 2.94. The molecule has 0 saturated heterocycles. The summed E-state index contributed by atoms with van der Waals surface area (Å²) in [7, 11) is -2.27. The molecule has 0 aliphatic heterocycles. The molecule has 0 spiro atoms. The Morgan fingerprint density at radius 3 is 2.89 bits per heavy atom. The zero-order valence-corrected chi connectivity index (χ0v) is 11.2. The third kappa shape index (κ3) is 2.34. The van der Waals surface area contributed by atoms with Gasteiger partial charge in [-0.1, -0.05) is 12.1 Å². The second-order valence-electron chi connectivity index (χ2n) is 4.39. The van der Waals surface area contributed by atoms with Gasteiger partial charge in [0.2, 0.25) is 0 Å². The van der Waals surface area contributed by atoms with E-state index in [1.165, 1.54) is 0 Å². The van der Waals surface area contributed by atoms with Gasteiger partial charge in [-0.05, 0) is 6.07 Å². The maximum atomic E-state index is 11.6. The van der Waals surface area contributed by atoms with Crippen LogP contribution in [0.2, 0.25) is 0 Å². The quantitative estimate of drug-likeness (QED) is 0.744. The summed E-state index contributed by atoms with van der Waals surface area (Å²) in [6.07, 6.45) is 4.81. The van der Waals surface area contributed by atoms with Crippen molar-refractivity contribution in [3.8, 4) is 11.4 Å². The number of aromatic amines is 2. The van der Waals surface area contributed by atoms with Crippen LogP contribution >= 0.6 is 0 Å². The van der Waals surface area contributed by atoms with E-state index in [9.17, 15) is 4.21 Å². The Hall–Kier alpha value is -2.22. The summed E-state index contributed by atoms with van der Waals surface area (Å²) in [5, 5.41) is 14.6. The van der Waals surface area contributed by atoms with Gasteiger partial charge in [0, 0.05) is 33.2 Å². The third-order valence-electron chi connectivity index (χ3n) is 2.51. The Labute approximate surface area is 109 Å². The van der Waals surface area contributed by atoms with E-state index in [2.05, 4.69) is 29.7 Å². The fraction of sp³-hybridized carbons (Fsp3) is 0.182. The first-order chi connectivity index (χ1) is 9.03. The van der Waals surface area contributed by atoms with Crippen LogP contribution in [0.25, 0.3) is 22.3 Å². The van der Waals surface area contributed by atoms with Crippen LogP contribution in [-0.2, 0) is 9.73 Å². The molecule has 0 atom stereocenters. The smallest absolute Gasteiger partial charge is 0.276 e. The highest BCUT2D eigenvalue weighted by Crippen LogP contribution is 2.25. The fourth-order valence-electron chi connectivity index (χ4n) is 1.79. The Morgan fingerprint density at radius 1 is 1.26 bits per heavy atom. The lowest BCUT2D eigenvalue weighted by atomic mass is 10.1. The number of rotatable bonds is 2. The first kappa shape index (κ1) is 11.8. The second-order valence-corrected chi connectivity index (χ2v) is 6.94. The molecule has 0 fully saturated rings. The molecule has 7 nitrogen and oxygen atoms in total. The number of benzene rings is 1. The number of H-pyrrole nitrogens is 2. The standard InChI is InChI=1S/C11H12N6OS/c1-19(2,18)17-11-13-10(15-16-11)7-4-3-5-9-8(7)6-12-14-9/h3-6H,1-2H3,(H,12,14)(H,13,15,16). The van der Waals surface area contributed by atoms with Crippen molar-refractivity contribution in [2.24, 2.45) is 4.36 Å². The van der Waals surface area contributed by atoms with Gasteiger partial charge in [-0.25, -0.2) is 4.21 Å². The van der Waals surface area contributed by atoms with Gasteiger partial charge in [-0.3, -0.25) is 10.2 Å². The van der Waals surface area contributed by atoms with E-state index >= 15 is 0 Å². The van der Waals surface area contributed by atoms with Crippen molar-refractivity contribution in [1.82, 2.24) is 25.4 Å². The first-order valence-electron chi connectivity index (χ1n) is 5.55. The molecule has 0 amide bonds. The highest BCUT2D eigenvalue weighted by molar-refractivity contribution is 7.92. The Bertz CT molecular complexity index is 847. The molecular weight excluding hydrogens is 264 g/mol. The highest BCUT2D eigenvalue weighted by atomic mass is 32.2. The Morgan fingerprint density at radius 2 is 2.11 bits per heavy atom. The Kier molecular flexibility index (Phi) is 2.59. The van der Waals surface area contributed by atoms with Crippen molar-refractivity contribution < 1.29 is 4.21 Å². The van der Waals surface area contributed by atoms with Gasteiger partial charge in [0.1, 0.15) is 0 Å². The molecule has 0 bridgehead atoms. The maximum Gasteiger partial charge on any atom is 0.276 e. The monoisotopic (exact) mass is 276 g/mol. The van der Waals surface area contributed by atoms with E-state index in [1.807, 2.05) is 18.2 Å². The average molecular weight is 276 g/mol. The SMILES string of the molecule is CS(C)(=O)=Nc1n[nH]c(-c2cccc3[nH]ncc23)n1. The molecule has 0 aliphatic carbocycles. The fourth-order valence-corrected chi connectivity index (χ4v) is 2.26.